The molecule has 0 aromatic carbocycles. The van der Waals surface area contributed by atoms with Crippen molar-refractivity contribution >= 4 is 0 Å². The average Bonchev–Trinajstić information content (AvgIpc) is 2.46. The molecule has 0 unspecified atom stereocenters. The van der Waals surface area contributed by atoms with Crippen molar-refractivity contribution in [2.24, 2.45) is 5.92 Å². The van der Waals surface area contributed by atoms with Crippen molar-refractivity contribution in [2.75, 3.05) is 0 Å². The van der Waals surface area contributed by atoms with Crippen molar-refractivity contribution < 1.29 is 0 Å². The summed E-state index contributed by atoms with van der Waals surface area (Å²) in [5.41, 5.74) is 0. The third-order valence-corrected chi connectivity index (χ3v) is 4.32. The molecule has 0 heterocycles. The summed E-state index contributed by atoms with van der Waals surface area (Å²) >= 11 is 0. The van der Waals surface area contributed by atoms with Gasteiger partial charge >= 0.3 is 0 Å². The Labute approximate surface area is 135 Å². The fourth-order valence-electron chi connectivity index (χ4n) is 2.88. The number of hydrogen-bond donors (Lipinski definition) is 0. The molecule has 0 spiro atoms. The largest absolute Gasteiger partial charge is 0.103 e. The molecule has 0 bridgehead atoms. The Kier molecular flexibility index (Phi) is 17.6. The van der Waals surface area contributed by atoms with Gasteiger partial charge in [0.2, 0.25) is 0 Å². The van der Waals surface area contributed by atoms with Crippen LogP contribution >= 0.6 is 0 Å². The Bertz CT molecular complexity index is 192. The monoisotopic (exact) mass is 293 g/mol. The standard InChI is InChI=1S/C21H41/c1-4-5-6-7-8-9-10-11-12-13-14-15-16-17-18-19-20-21(2)3/h4-5,21H,1,6-20H2,2-3H3. The van der Waals surface area contributed by atoms with Crippen LogP contribution in [0.2, 0.25) is 0 Å². The first-order valence-electron chi connectivity index (χ1n) is 9.71. The minimum Gasteiger partial charge on any atom is -0.103 e. The highest BCUT2D eigenvalue weighted by Gasteiger charge is 1.96. The van der Waals surface area contributed by atoms with Crippen LogP contribution in [0.5, 0.6) is 0 Å². The van der Waals surface area contributed by atoms with Gasteiger partial charge in [0.25, 0.3) is 0 Å². The molecule has 0 aliphatic heterocycles. The molecule has 0 aliphatic carbocycles. The number of rotatable bonds is 17. The van der Waals surface area contributed by atoms with Crippen LogP contribution in [0.25, 0.3) is 0 Å². The molecule has 0 nitrogen and oxygen atoms in total. The molecule has 0 atom stereocenters. The Balaban J connectivity index is 2.95. The van der Waals surface area contributed by atoms with Crippen LogP contribution in [0, 0.1) is 12.3 Å². The summed E-state index contributed by atoms with van der Waals surface area (Å²) in [4.78, 5) is 0. The van der Waals surface area contributed by atoms with Crippen molar-refractivity contribution in [3.63, 3.8) is 0 Å². The zero-order valence-corrected chi connectivity index (χ0v) is 15.0. The SMILES string of the molecule is C=C[CH]CCCCCCCCCCCCCCCC(C)C. The fourth-order valence-corrected chi connectivity index (χ4v) is 2.88. The molecule has 0 rings (SSSR count). The molecule has 0 saturated heterocycles. The predicted molar refractivity (Wildman–Crippen MR) is 98.6 cm³/mol. The zero-order chi connectivity index (χ0) is 15.6. The summed E-state index contributed by atoms with van der Waals surface area (Å²) in [6.07, 6.45) is 25.6. The first-order valence-corrected chi connectivity index (χ1v) is 9.71. The molecule has 0 aromatic heterocycles. The highest BCUT2D eigenvalue weighted by atomic mass is 14.0. The molecule has 0 saturated carbocycles. The van der Waals surface area contributed by atoms with Gasteiger partial charge in [-0.25, -0.2) is 0 Å². The molecule has 0 aliphatic rings. The smallest absolute Gasteiger partial charge is 0.0173 e. The third-order valence-electron chi connectivity index (χ3n) is 4.32. The molecule has 0 heteroatoms. The minimum absolute atomic E-state index is 0.894. The van der Waals surface area contributed by atoms with E-state index in [1.807, 2.05) is 6.08 Å². The van der Waals surface area contributed by atoms with Crippen LogP contribution in [-0.4, -0.2) is 0 Å². The van der Waals surface area contributed by atoms with Crippen LogP contribution in [0.4, 0.5) is 0 Å². The fraction of sp³-hybridized carbons (Fsp3) is 0.857. The third kappa shape index (κ3) is 19.7. The van der Waals surface area contributed by atoms with Gasteiger partial charge in [0, 0.05) is 0 Å². The van der Waals surface area contributed by atoms with Gasteiger partial charge in [0.05, 0.1) is 0 Å². The van der Waals surface area contributed by atoms with Crippen LogP contribution in [0.1, 0.15) is 110 Å². The van der Waals surface area contributed by atoms with E-state index in [2.05, 4.69) is 26.8 Å². The van der Waals surface area contributed by atoms with Crippen molar-refractivity contribution in [1.29, 1.82) is 0 Å². The molecule has 0 N–H and O–H groups in total. The van der Waals surface area contributed by atoms with Gasteiger partial charge in [0.1, 0.15) is 0 Å². The van der Waals surface area contributed by atoms with Crippen molar-refractivity contribution in [3.05, 3.63) is 19.1 Å². The first-order chi connectivity index (χ1) is 10.3. The lowest BCUT2D eigenvalue weighted by Crippen LogP contribution is -1.87. The van der Waals surface area contributed by atoms with Gasteiger partial charge < -0.3 is 0 Å². The summed E-state index contributed by atoms with van der Waals surface area (Å²) in [6.45, 7) is 8.38. The minimum atomic E-state index is 0.894. The van der Waals surface area contributed by atoms with Gasteiger partial charge in [-0.2, -0.15) is 0 Å². The second kappa shape index (κ2) is 17.8. The normalized spacial score (nSPS) is 11.2. The quantitative estimate of drug-likeness (QED) is 0.239. The predicted octanol–water partition coefficient (Wildman–Crippen LogP) is 7.88. The topological polar surface area (TPSA) is 0 Å². The summed E-state index contributed by atoms with van der Waals surface area (Å²) < 4.78 is 0. The lowest BCUT2D eigenvalue weighted by atomic mass is 10.0. The van der Waals surface area contributed by atoms with E-state index in [4.69, 9.17) is 0 Å². The maximum absolute atomic E-state index is 3.72. The van der Waals surface area contributed by atoms with Crippen LogP contribution in [0.15, 0.2) is 12.7 Å². The summed E-state index contributed by atoms with van der Waals surface area (Å²) in [7, 11) is 0. The van der Waals surface area contributed by atoms with Crippen molar-refractivity contribution in [2.45, 2.75) is 110 Å². The van der Waals surface area contributed by atoms with E-state index in [0.29, 0.717) is 0 Å². The van der Waals surface area contributed by atoms with Gasteiger partial charge in [-0.1, -0.05) is 110 Å². The summed E-state index contributed by atoms with van der Waals surface area (Å²) in [5, 5.41) is 0. The average molecular weight is 294 g/mol. The molecule has 0 aromatic rings. The molecule has 125 valence electrons. The number of unbranched alkanes of at least 4 members (excludes halogenated alkanes) is 14. The molecule has 1 radical (unpaired) electrons. The molecule has 0 amide bonds. The summed E-state index contributed by atoms with van der Waals surface area (Å²) in [5.74, 6) is 0.894. The highest BCUT2D eigenvalue weighted by Crippen LogP contribution is 2.14. The van der Waals surface area contributed by atoms with Gasteiger partial charge in [-0.05, 0) is 18.8 Å². The number of allylic oxidation sites excluding steroid dienone is 1. The first kappa shape index (κ1) is 20.7. The number of hydrogen-bond acceptors (Lipinski definition) is 0. The van der Waals surface area contributed by atoms with Crippen LogP contribution in [-0.2, 0) is 0 Å². The van der Waals surface area contributed by atoms with E-state index in [1.165, 1.54) is 96.3 Å². The van der Waals surface area contributed by atoms with Crippen LogP contribution < -0.4 is 0 Å². The Morgan fingerprint density at radius 1 is 0.619 bits per heavy atom. The van der Waals surface area contributed by atoms with Gasteiger partial charge in [-0.15, -0.1) is 6.58 Å². The van der Waals surface area contributed by atoms with Crippen molar-refractivity contribution in [1.82, 2.24) is 0 Å². The van der Waals surface area contributed by atoms with Gasteiger partial charge in [-0.3, -0.25) is 0 Å². The van der Waals surface area contributed by atoms with E-state index in [1.54, 1.807) is 0 Å². The molecular weight excluding hydrogens is 252 g/mol. The maximum atomic E-state index is 3.72. The molecule has 21 heavy (non-hydrogen) atoms. The van der Waals surface area contributed by atoms with Crippen molar-refractivity contribution in [3.8, 4) is 0 Å². The molecule has 0 fully saturated rings. The van der Waals surface area contributed by atoms with E-state index < -0.39 is 0 Å². The summed E-state index contributed by atoms with van der Waals surface area (Å²) in [6, 6.07) is 0. The lowest BCUT2D eigenvalue weighted by molar-refractivity contribution is 0.502. The van der Waals surface area contributed by atoms with Crippen LogP contribution in [0.3, 0.4) is 0 Å². The van der Waals surface area contributed by atoms with E-state index in [-0.39, 0.29) is 0 Å². The van der Waals surface area contributed by atoms with E-state index in [0.717, 1.165) is 5.92 Å². The highest BCUT2D eigenvalue weighted by molar-refractivity contribution is 4.85. The second-order valence-corrected chi connectivity index (χ2v) is 7.04. The van der Waals surface area contributed by atoms with E-state index >= 15 is 0 Å². The zero-order valence-electron chi connectivity index (χ0n) is 15.0. The van der Waals surface area contributed by atoms with E-state index in [9.17, 15) is 0 Å². The Hall–Kier alpha value is -0.260. The molecular formula is C21H41. The second-order valence-electron chi connectivity index (χ2n) is 7.04. The Morgan fingerprint density at radius 2 is 1.00 bits per heavy atom. The maximum Gasteiger partial charge on any atom is -0.0173 e. The lowest BCUT2D eigenvalue weighted by Gasteiger charge is -2.05. The Morgan fingerprint density at radius 3 is 1.38 bits per heavy atom. The van der Waals surface area contributed by atoms with Gasteiger partial charge in [0.15, 0.2) is 0 Å².